The van der Waals surface area contributed by atoms with Crippen LogP contribution in [-0.4, -0.2) is 4.45 Å². The number of nitrogens with two attached hydrogens (primary N) is 1. The van der Waals surface area contributed by atoms with Crippen LogP contribution in [0.4, 0.5) is 0 Å². The van der Waals surface area contributed by atoms with Crippen LogP contribution in [0.1, 0.15) is 6.42 Å². The minimum atomic E-state index is -0.453. The van der Waals surface area contributed by atoms with Gasteiger partial charge in [0.05, 0.1) is 0 Å². The first-order chi connectivity index (χ1) is 4.52. The maximum atomic E-state index is 5.78. The molecule has 2 N–H and O–H groups in total. The van der Waals surface area contributed by atoms with E-state index in [-0.39, 0.29) is 0 Å². The van der Waals surface area contributed by atoms with Crippen LogP contribution < -0.4 is 5.73 Å². The first-order valence-electron chi connectivity index (χ1n) is 2.73. The van der Waals surface area contributed by atoms with Crippen molar-refractivity contribution in [3.8, 4) is 0 Å². The molecule has 1 aliphatic rings. The van der Waals surface area contributed by atoms with E-state index in [1.165, 1.54) is 0 Å². The Morgan fingerprint density at radius 1 is 1.70 bits per heavy atom. The predicted molar refractivity (Wildman–Crippen MR) is 51.4 cm³/mol. The number of alkyl halides is 1. The summed E-state index contributed by atoms with van der Waals surface area (Å²) in [6.45, 7) is 0. The van der Waals surface area contributed by atoms with E-state index in [0.717, 1.165) is 9.51 Å². The van der Waals surface area contributed by atoms with Crippen LogP contribution in [0.5, 0.6) is 0 Å². The Kier molecular flexibility index (Phi) is 2.61. The maximum Gasteiger partial charge on any atom is 0.107 e. The standard InChI is InChI=1S/C6H6Br2ClN/c7-5-3-4(9)1-2-6(5,8)10/h1,3H,2,10H2. The first kappa shape index (κ1) is 8.78. The summed E-state index contributed by atoms with van der Waals surface area (Å²) in [6.07, 6.45) is 4.38. The fourth-order valence-corrected chi connectivity index (χ4v) is 1.65. The van der Waals surface area contributed by atoms with Crippen LogP contribution in [0.3, 0.4) is 0 Å². The molecule has 1 rings (SSSR count). The van der Waals surface area contributed by atoms with Crippen LogP contribution in [-0.2, 0) is 0 Å². The van der Waals surface area contributed by atoms with E-state index >= 15 is 0 Å². The molecule has 1 atom stereocenters. The third kappa shape index (κ3) is 1.84. The van der Waals surface area contributed by atoms with Crippen molar-refractivity contribution in [3.63, 3.8) is 0 Å². The third-order valence-corrected chi connectivity index (χ3v) is 3.74. The molecule has 0 bridgehead atoms. The molecule has 1 unspecified atom stereocenters. The minimum absolute atomic E-state index is 0.453. The van der Waals surface area contributed by atoms with Crippen molar-refractivity contribution in [2.24, 2.45) is 5.73 Å². The van der Waals surface area contributed by atoms with Gasteiger partial charge >= 0.3 is 0 Å². The summed E-state index contributed by atoms with van der Waals surface area (Å²) in [5, 5.41) is 0.729. The lowest BCUT2D eigenvalue weighted by molar-refractivity contribution is 0.764. The van der Waals surface area contributed by atoms with Gasteiger partial charge in [-0.05, 0) is 12.5 Å². The van der Waals surface area contributed by atoms with Gasteiger partial charge in [-0.2, -0.15) is 0 Å². The van der Waals surface area contributed by atoms with Crippen LogP contribution in [0.25, 0.3) is 0 Å². The third-order valence-electron chi connectivity index (χ3n) is 1.26. The van der Waals surface area contributed by atoms with Crippen molar-refractivity contribution in [1.29, 1.82) is 0 Å². The highest BCUT2D eigenvalue weighted by molar-refractivity contribution is 9.14. The normalized spacial score (nSPS) is 33.2. The molecule has 0 aromatic rings. The zero-order valence-electron chi connectivity index (χ0n) is 5.07. The quantitative estimate of drug-likeness (QED) is 0.538. The maximum absolute atomic E-state index is 5.78. The van der Waals surface area contributed by atoms with Crippen molar-refractivity contribution in [2.75, 3.05) is 0 Å². The Morgan fingerprint density at radius 2 is 2.30 bits per heavy atom. The lowest BCUT2D eigenvalue weighted by atomic mass is 10.1. The second-order valence-electron chi connectivity index (χ2n) is 2.15. The van der Waals surface area contributed by atoms with Crippen LogP contribution in [0, 0.1) is 0 Å². The molecule has 0 aromatic carbocycles. The molecule has 0 aromatic heterocycles. The van der Waals surface area contributed by atoms with Gasteiger partial charge in [0.25, 0.3) is 0 Å². The summed E-state index contributed by atoms with van der Waals surface area (Å²) in [7, 11) is 0. The number of rotatable bonds is 0. The van der Waals surface area contributed by atoms with E-state index in [4.69, 9.17) is 17.3 Å². The highest BCUT2D eigenvalue weighted by Crippen LogP contribution is 2.35. The highest BCUT2D eigenvalue weighted by atomic mass is 79.9. The molecule has 4 heteroatoms. The van der Waals surface area contributed by atoms with E-state index in [0.29, 0.717) is 6.42 Å². The Morgan fingerprint density at radius 3 is 2.70 bits per heavy atom. The second kappa shape index (κ2) is 2.97. The van der Waals surface area contributed by atoms with Gasteiger partial charge in [0.15, 0.2) is 0 Å². The van der Waals surface area contributed by atoms with E-state index < -0.39 is 4.45 Å². The monoisotopic (exact) mass is 285 g/mol. The fourth-order valence-electron chi connectivity index (χ4n) is 0.643. The fraction of sp³-hybridized carbons (Fsp3) is 0.333. The average Bonchev–Trinajstić information content (AvgIpc) is 1.81. The zero-order valence-corrected chi connectivity index (χ0v) is 9.00. The topological polar surface area (TPSA) is 26.0 Å². The highest BCUT2D eigenvalue weighted by Gasteiger charge is 2.25. The molecule has 1 aliphatic carbocycles. The molecule has 0 aliphatic heterocycles. The van der Waals surface area contributed by atoms with Crippen molar-refractivity contribution < 1.29 is 0 Å². The summed E-state index contributed by atoms with van der Waals surface area (Å²) < 4.78 is 0.429. The zero-order chi connectivity index (χ0) is 7.78. The van der Waals surface area contributed by atoms with Crippen LogP contribution in [0.2, 0.25) is 0 Å². The van der Waals surface area contributed by atoms with Crippen molar-refractivity contribution in [1.82, 2.24) is 0 Å². The van der Waals surface area contributed by atoms with E-state index in [9.17, 15) is 0 Å². The van der Waals surface area contributed by atoms with Gasteiger partial charge in [-0.1, -0.05) is 49.5 Å². The minimum Gasteiger partial charge on any atom is -0.312 e. The largest absolute Gasteiger partial charge is 0.312 e. The number of halogens is 3. The van der Waals surface area contributed by atoms with E-state index in [1.54, 1.807) is 6.08 Å². The molecule has 0 heterocycles. The van der Waals surface area contributed by atoms with E-state index in [1.807, 2.05) is 6.08 Å². The van der Waals surface area contributed by atoms with Crippen LogP contribution in [0.15, 0.2) is 21.7 Å². The van der Waals surface area contributed by atoms with Gasteiger partial charge in [-0.25, -0.2) is 0 Å². The molecule has 56 valence electrons. The molecule has 0 saturated carbocycles. The lowest BCUT2D eigenvalue weighted by Crippen LogP contribution is -2.33. The van der Waals surface area contributed by atoms with Gasteiger partial charge in [-0.15, -0.1) is 0 Å². The molecule has 1 nitrogen and oxygen atoms in total. The molecule has 0 radical (unpaired) electrons. The van der Waals surface area contributed by atoms with Crippen molar-refractivity contribution >= 4 is 43.5 Å². The summed E-state index contributed by atoms with van der Waals surface area (Å²) in [5.41, 5.74) is 5.78. The SMILES string of the molecule is NC1(Br)CC=C(Cl)C=C1Br. The molecule has 0 amide bonds. The number of hydrogen-bond acceptors (Lipinski definition) is 1. The Labute approximate surface area is 81.6 Å². The Bertz CT molecular complexity index is 208. The molecular weight excluding hydrogens is 281 g/mol. The summed E-state index contributed by atoms with van der Waals surface area (Å²) in [5.74, 6) is 0. The van der Waals surface area contributed by atoms with Gasteiger partial charge in [0.2, 0.25) is 0 Å². The van der Waals surface area contributed by atoms with E-state index in [2.05, 4.69) is 31.9 Å². The first-order valence-corrected chi connectivity index (χ1v) is 4.70. The summed E-state index contributed by atoms with van der Waals surface area (Å²) in [4.78, 5) is 0. The van der Waals surface area contributed by atoms with Gasteiger partial charge in [0.1, 0.15) is 4.45 Å². The molecule has 10 heavy (non-hydrogen) atoms. The molecule has 0 saturated heterocycles. The van der Waals surface area contributed by atoms with Crippen molar-refractivity contribution in [2.45, 2.75) is 10.9 Å². The van der Waals surface area contributed by atoms with Crippen LogP contribution >= 0.6 is 43.5 Å². The summed E-state index contributed by atoms with van der Waals surface area (Å²) in [6, 6.07) is 0. The molecule has 0 fully saturated rings. The average molecular weight is 287 g/mol. The van der Waals surface area contributed by atoms with Crippen molar-refractivity contribution in [3.05, 3.63) is 21.7 Å². The van der Waals surface area contributed by atoms with Gasteiger partial charge in [0, 0.05) is 9.51 Å². The lowest BCUT2D eigenvalue weighted by Gasteiger charge is -2.23. The predicted octanol–water partition coefficient (Wildman–Crippen LogP) is 2.84. The Hall–Kier alpha value is 0.690. The second-order valence-corrected chi connectivity index (χ2v) is 4.85. The van der Waals surface area contributed by atoms with Gasteiger partial charge < -0.3 is 5.73 Å². The number of allylic oxidation sites excluding steroid dienone is 2. The van der Waals surface area contributed by atoms with Gasteiger partial charge in [-0.3, -0.25) is 0 Å². The summed E-state index contributed by atoms with van der Waals surface area (Å²) >= 11 is 12.4. The Balaban J connectivity index is 2.88. The smallest absolute Gasteiger partial charge is 0.107 e. The molecular formula is C6H6Br2ClN. The molecule has 0 spiro atoms. The number of hydrogen-bond donors (Lipinski definition) is 1.